The smallest absolute Gasteiger partial charge is 0.251 e. The first kappa shape index (κ1) is 17.2. The molecule has 2 heterocycles. The van der Waals surface area contributed by atoms with E-state index in [1.165, 1.54) is 18.5 Å². The van der Waals surface area contributed by atoms with E-state index in [-0.39, 0.29) is 16.8 Å². The summed E-state index contributed by atoms with van der Waals surface area (Å²) < 4.78 is 29.2. The second kappa shape index (κ2) is 6.81. The Hall–Kier alpha value is -2.26. The third-order valence-electron chi connectivity index (χ3n) is 4.81. The first-order valence-electron chi connectivity index (χ1n) is 8.78. The van der Waals surface area contributed by atoms with Crippen molar-refractivity contribution in [1.29, 1.82) is 0 Å². The quantitative estimate of drug-likeness (QED) is 0.773. The van der Waals surface area contributed by atoms with Crippen LogP contribution in [0, 0.1) is 5.92 Å². The predicted octanol–water partition coefficient (Wildman–Crippen LogP) is 0.711. The molecular weight excluding hydrogens is 354 g/mol. The van der Waals surface area contributed by atoms with Crippen LogP contribution in [0.1, 0.15) is 35.4 Å². The van der Waals surface area contributed by atoms with Gasteiger partial charge in [-0.15, -0.1) is 0 Å². The molecule has 8 nitrogen and oxygen atoms in total. The highest BCUT2D eigenvalue weighted by Crippen LogP contribution is 2.28. The lowest BCUT2D eigenvalue weighted by atomic mass is 10.1. The first-order valence-corrected chi connectivity index (χ1v) is 10.3. The molecular formula is C17H21N5O3S. The maximum atomic E-state index is 12.5. The topological polar surface area (TPSA) is 106 Å². The van der Waals surface area contributed by atoms with Crippen LogP contribution in [-0.4, -0.2) is 41.7 Å². The molecule has 2 aliphatic rings. The Morgan fingerprint density at radius 1 is 1.27 bits per heavy atom. The number of benzene rings is 1. The summed E-state index contributed by atoms with van der Waals surface area (Å²) >= 11 is 0. The molecule has 0 saturated heterocycles. The number of carbonyl (C=O) groups excluding carboxylic acids is 1. The minimum Gasteiger partial charge on any atom is -0.347 e. The maximum Gasteiger partial charge on any atom is 0.251 e. The molecule has 2 N–H and O–H groups in total. The Bertz CT molecular complexity index is 920. The zero-order chi connectivity index (χ0) is 18.1. The number of aryl methyl sites for hydroxylation is 1. The Kier molecular flexibility index (Phi) is 4.49. The van der Waals surface area contributed by atoms with Crippen molar-refractivity contribution in [1.82, 2.24) is 24.8 Å². The summed E-state index contributed by atoms with van der Waals surface area (Å²) in [5.74, 6) is 1.09. The van der Waals surface area contributed by atoms with E-state index >= 15 is 0 Å². The number of amides is 1. The molecule has 26 heavy (non-hydrogen) atoms. The highest BCUT2D eigenvalue weighted by atomic mass is 32.2. The highest BCUT2D eigenvalue weighted by Gasteiger charge is 2.25. The fourth-order valence-electron chi connectivity index (χ4n) is 3.06. The van der Waals surface area contributed by atoms with Crippen molar-refractivity contribution in [2.45, 2.75) is 43.2 Å². The van der Waals surface area contributed by atoms with Gasteiger partial charge in [0.25, 0.3) is 5.91 Å². The number of hydrogen-bond donors (Lipinski definition) is 2. The van der Waals surface area contributed by atoms with Gasteiger partial charge in [-0.3, -0.25) is 4.79 Å². The van der Waals surface area contributed by atoms with Gasteiger partial charge in [-0.1, -0.05) is 6.07 Å². The number of hydrogen-bond acceptors (Lipinski definition) is 5. The molecule has 1 atom stereocenters. The second-order valence-corrected chi connectivity index (χ2v) is 8.66. The van der Waals surface area contributed by atoms with Crippen LogP contribution in [0.5, 0.6) is 0 Å². The van der Waals surface area contributed by atoms with Crippen LogP contribution >= 0.6 is 0 Å². The molecule has 4 rings (SSSR count). The van der Waals surface area contributed by atoms with Gasteiger partial charge in [0.05, 0.1) is 11.4 Å². The normalized spacial score (nSPS) is 19.8. The van der Waals surface area contributed by atoms with Crippen LogP contribution in [0.4, 0.5) is 0 Å². The molecule has 1 aliphatic carbocycles. The standard InChI is InChI=1S/C17H21N5O3S/c23-17(21-14-6-7-16-18-11-19-22(16)10-14)13-2-1-3-15(8-13)26(24,25)20-9-12-4-5-12/h1-3,8,11-12,14,20H,4-7,9-10H2,(H,21,23)/t14-/m0/s1. The first-order chi connectivity index (χ1) is 12.5. The van der Waals surface area contributed by atoms with Gasteiger partial charge in [-0.25, -0.2) is 22.8 Å². The molecule has 1 aromatic carbocycles. The third-order valence-corrected chi connectivity index (χ3v) is 6.23. The minimum absolute atomic E-state index is 0.0510. The number of nitrogens with zero attached hydrogens (tertiary/aromatic N) is 3. The number of rotatable bonds is 6. The number of nitrogens with one attached hydrogen (secondary N) is 2. The molecule has 0 bridgehead atoms. The highest BCUT2D eigenvalue weighted by molar-refractivity contribution is 7.89. The van der Waals surface area contributed by atoms with E-state index in [9.17, 15) is 13.2 Å². The van der Waals surface area contributed by atoms with Crippen molar-refractivity contribution in [2.24, 2.45) is 5.92 Å². The molecule has 1 fully saturated rings. The van der Waals surface area contributed by atoms with Crippen molar-refractivity contribution in [3.05, 3.63) is 42.0 Å². The minimum atomic E-state index is -3.59. The van der Waals surface area contributed by atoms with E-state index in [2.05, 4.69) is 20.1 Å². The predicted molar refractivity (Wildman–Crippen MR) is 94.0 cm³/mol. The summed E-state index contributed by atoms with van der Waals surface area (Å²) in [6, 6.07) is 6.10. The van der Waals surface area contributed by atoms with E-state index in [0.717, 1.165) is 31.5 Å². The molecule has 0 spiro atoms. The monoisotopic (exact) mass is 375 g/mol. The van der Waals surface area contributed by atoms with E-state index < -0.39 is 10.0 Å². The summed E-state index contributed by atoms with van der Waals surface area (Å²) in [6.45, 7) is 1.03. The number of sulfonamides is 1. The van der Waals surface area contributed by atoms with Crippen LogP contribution in [0.25, 0.3) is 0 Å². The molecule has 2 aromatic rings. The average Bonchev–Trinajstić information content (AvgIpc) is 3.36. The lowest BCUT2D eigenvalue weighted by molar-refractivity contribution is 0.0926. The summed E-state index contributed by atoms with van der Waals surface area (Å²) in [5, 5.41) is 7.10. The molecule has 0 unspecified atom stereocenters. The largest absolute Gasteiger partial charge is 0.347 e. The number of carbonyl (C=O) groups is 1. The lowest BCUT2D eigenvalue weighted by Gasteiger charge is -2.23. The van der Waals surface area contributed by atoms with Gasteiger partial charge in [0.2, 0.25) is 10.0 Å². The SMILES string of the molecule is O=C(N[C@H]1CCc2ncnn2C1)c1cccc(S(=O)(=O)NCC2CC2)c1. The van der Waals surface area contributed by atoms with Gasteiger partial charge in [0.15, 0.2) is 0 Å². The Balaban J connectivity index is 1.43. The van der Waals surface area contributed by atoms with Crippen molar-refractivity contribution >= 4 is 15.9 Å². The fourth-order valence-corrected chi connectivity index (χ4v) is 4.22. The average molecular weight is 375 g/mol. The summed E-state index contributed by atoms with van der Waals surface area (Å²) in [5.41, 5.74) is 0.337. The molecule has 9 heteroatoms. The molecule has 1 saturated carbocycles. The summed E-state index contributed by atoms with van der Waals surface area (Å²) in [7, 11) is -3.59. The zero-order valence-corrected chi connectivity index (χ0v) is 15.1. The number of fused-ring (bicyclic) bond motifs is 1. The number of aromatic nitrogens is 3. The molecule has 1 aromatic heterocycles. The van der Waals surface area contributed by atoms with Crippen molar-refractivity contribution in [3.63, 3.8) is 0 Å². The van der Waals surface area contributed by atoms with Crippen LogP contribution < -0.4 is 10.0 Å². The van der Waals surface area contributed by atoms with E-state index in [1.54, 1.807) is 16.8 Å². The lowest BCUT2D eigenvalue weighted by Crippen LogP contribution is -2.41. The van der Waals surface area contributed by atoms with Crippen molar-refractivity contribution < 1.29 is 13.2 Å². The maximum absolute atomic E-state index is 12.5. The molecule has 0 radical (unpaired) electrons. The molecule has 1 amide bonds. The van der Waals surface area contributed by atoms with Gasteiger partial charge in [-0.2, -0.15) is 5.10 Å². The Morgan fingerprint density at radius 3 is 2.92 bits per heavy atom. The van der Waals surface area contributed by atoms with Gasteiger partial charge in [0, 0.05) is 24.6 Å². The van der Waals surface area contributed by atoms with Crippen LogP contribution in [0.3, 0.4) is 0 Å². The zero-order valence-electron chi connectivity index (χ0n) is 14.3. The van der Waals surface area contributed by atoms with Gasteiger partial charge in [-0.05, 0) is 43.4 Å². The van der Waals surface area contributed by atoms with Gasteiger partial charge >= 0.3 is 0 Å². The van der Waals surface area contributed by atoms with Gasteiger partial charge in [0.1, 0.15) is 12.2 Å². The second-order valence-electron chi connectivity index (χ2n) is 6.89. The fraction of sp³-hybridized carbons (Fsp3) is 0.471. The molecule has 138 valence electrons. The van der Waals surface area contributed by atoms with Crippen molar-refractivity contribution in [3.8, 4) is 0 Å². The van der Waals surface area contributed by atoms with Crippen LogP contribution in [-0.2, 0) is 23.0 Å². The Labute approximate surface area is 152 Å². The van der Waals surface area contributed by atoms with E-state index in [4.69, 9.17) is 0 Å². The summed E-state index contributed by atoms with van der Waals surface area (Å²) in [6.07, 6.45) is 5.19. The van der Waals surface area contributed by atoms with Crippen molar-refractivity contribution in [2.75, 3.05) is 6.54 Å². The van der Waals surface area contributed by atoms with E-state index in [0.29, 0.717) is 24.6 Å². The van der Waals surface area contributed by atoms with Gasteiger partial charge < -0.3 is 5.32 Å². The van der Waals surface area contributed by atoms with Crippen LogP contribution in [0.15, 0.2) is 35.5 Å². The third kappa shape index (κ3) is 3.78. The Morgan fingerprint density at radius 2 is 2.12 bits per heavy atom. The van der Waals surface area contributed by atoms with Crippen LogP contribution in [0.2, 0.25) is 0 Å². The van der Waals surface area contributed by atoms with E-state index in [1.807, 2.05) is 0 Å². The summed E-state index contributed by atoms with van der Waals surface area (Å²) in [4.78, 5) is 16.8. The molecule has 1 aliphatic heterocycles.